The van der Waals surface area contributed by atoms with Crippen molar-refractivity contribution in [1.29, 1.82) is 0 Å². The van der Waals surface area contributed by atoms with Gasteiger partial charge in [-0.25, -0.2) is 0 Å². The maximum atomic E-state index is 12.5. The molecule has 2 rings (SSSR count). The third kappa shape index (κ3) is 3.11. The first kappa shape index (κ1) is 16.0. The fourth-order valence-electron chi connectivity index (χ4n) is 2.43. The first-order valence-electron chi connectivity index (χ1n) is 7.46. The van der Waals surface area contributed by atoms with E-state index < -0.39 is 0 Å². The van der Waals surface area contributed by atoms with Gasteiger partial charge in [-0.2, -0.15) is 0 Å². The van der Waals surface area contributed by atoms with Crippen molar-refractivity contribution in [3.05, 3.63) is 52.3 Å². The Kier molecular flexibility index (Phi) is 4.81. The lowest BCUT2D eigenvalue weighted by Gasteiger charge is -2.17. The molecule has 0 aliphatic heterocycles. The summed E-state index contributed by atoms with van der Waals surface area (Å²) in [6.07, 6.45) is 0.0411. The van der Waals surface area contributed by atoms with Gasteiger partial charge < -0.3 is 9.30 Å². The molecular weight excluding hydrogens is 278 g/mol. The van der Waals surface area contributed by atoms with Gasteiger partial charge in [-0.1, -0.05) is 12.1 Å². The molecule has 0 atom stereocenters. The summed E-state index contributed by atoms with van der Waals surface area (Å²) in [5.74, 6) is 0.514. The average molecular weight is 299 g/mol. The minimum absolute atomic E-state index is 0.0411. The fraction of sp³-hybridized carbons (Fsp3) is 0.333. The van der Waals surface area contributed by atoms with Crippen molar-refractivity contribution in [3.8, 4) is 17.0 Å². The van der Waals surface area contributed by atoms with E-state index in [0.29, 0.717) is 6.54 Å². The van der Waals surface area contributed by atoms with Crippen LogP contribution in [0.25, 0.3) is 11.3 Å². The van der Waals surface area contributed by atoms with Crippen molar-refractivity contribution in [2.24, 2.45) is 0 Å². The van der Waals surface area contributed by atoms with Gasteiger partial charge in [0.2, 0.25) is 0 Å². The van der Waals surface area contributed by atoms with Crippen molar-refractivity contribution in [2.45, 2.75) is 40.3 Å². The highest BCUT2D eigenvalue weighted by Gasteiger charge is 2.15. The van der Waals surface area contributed by atoms with E-state index >= 15 is 0 Å². The molecule has 0 amide bonds. The van der Waals surface area contributed by atoms with E-state index in [2.05, 4.69) is 0 Å². The van der Waals surface area contributed by atoms with Crippen LogP contribution >= 0.6 is 0 Å². The quantitative estimate of drug-likeness (QED) is 0.794. The van der Waals surface area contributed by atoms with Gasteiger partial charge >= 0.3 is 0 Å². The number of benzene rings is 1. The number of rotatable bonds is 5. The summed E-state index contributed by atoms with van der Waals surface area (Å²) in [6.45, 7) is 7.71. The van der Waals surface area contributed by atoms with Crippen LogP contribution < -0.4 is 10.3 Å². The SMILES string of the molecule is CCn1c(-c2ccccc2OC(C)C)ccc(C(C)=O)c1=O. The lowest BCUT2D eigenvalue weighted by molar-refractivity contribution is 0.101. The zero-order valence-electron chi connectivity index (χ0n) is 13.4. The Hall–Kier alpha value is -2.36. The van der Waals surface area contributed by atoms with Crippen molar-refractivity contribution in [1.82, 2.24) is 4.57 Å². The smallest absolute Gasteiger partial charge is 0.261 e. The van der Waals surface area contributed by atoms with Crippen LogP contribution in [0.15, 0.2) is 41.2 Å². The van der Waals surface area contributed by atoms with Crippen LogP contribution in [0.4, 0.5) is 0 Å². The first-order valence-corrected chi connectivity index (χ1v) is 7.46. The Morgan fingerprint density at radius 2 is 1.86 bits per heavy atom. The minimum atomic E-state index is -0.258. The minimum Gasteiger partial charge on any atom is -0.490 e. The molecule has 2 aromatic rings. The molecule has 0 saturated heterocycles. The highest BCUT2D eigenvalue weighted by molar-refractivity contribution is 5.94. The number of hydrogen-bond acceptors (Lipinski definition) is 3. The zero-order valence-corrected chi connectivity index (χ0v) is 13.4. The van der Waals surface area contributed by atoms with Crippen LogP contribution in [-0.4, -0.2) is 16.5 Å². The molecule has 22 heavy (non-hydrogen) atoms. The number of hydrogen-bond donors (Lipinski definition) is 0. The molecule has 4 nitrogen and oxygen atoms in total. The largest absolute Gasteiger partial charge is 0.490 e. The third-order valence-corrected chi connectivity index (χ3v) is 3.40. The first-order chi connectivity index (χ1) is 10.5. The standard InChI is InChI=1S/C18H21NO3/c1-5-19-16(11-10-14(13(4)20)18(19)21)15-8-6-7-9-17(15)22-12(2)3/h6-12H,5H2,1-4H3. The number of nitrogens with zero attached hydrogens (tertiary/aromatic N) is 1. The lowest BCUT2D eigenvalue weighted by atomic mass is 10.1. The molecule has 1 aromatic heterocycles. The summed E-state index contributed by atoms with van der Waals surface area (Å²) in [4.78, 5) is 24.0. The molecule has 1 aromatic carbocycles. The Morgan fingerprint density at radius 3 is 2.45 bits per heavy atom. The Labute approximate surface area is 130 Å². The number of para-hydroxylation sites is 1. The summed E-state index contributed by atoms with van der Waals surface area (Å²) in [7, 11) is 0. The summed E-state index contributed by atoms with van der Waals surface area (Å²) in [5.41, 5.74) is 1.57. The van der Waals surface area contributed by atoms with Gasteiger partial charge in [0.25, 0.3) is 5.56 Å². The van der Waals surface area contributed by atoms with Crippen molar-refractivity contribution in [2.75, 3.05) is 0 Å². The van der Waals surface area contributed by atoms with E-state index in [-0.39, 0.29) is 23.0 Å². The van der Waals surface area contributed by atoms with E-state index in [1.807, 2.05) is 51.1 Å². The molecule has 0 fully saturated rings. The summed E-state index contributed by atoms with van der Waals surface area (Å²) in [5, 5.41) is 0. The number of ether oxygens (including phenoxy) is 1. The van der Waals surface area contributed by atoms with Gasteiger partial charge in [0.15, 0.2) is 5.78 Å². The molecule has 1 heterocycles. The van der Waals surface area contributed by atoms with Gasteiger partial charge in [0, 0.05) is 12.1 Å². The van der Waals surface area contributed by atoms with Crippen LogP contribution in [0.1, 0.15) is 38.1 Å². The van der Waals surface area contributed by atoms with E-state index in [1.165, 1.54) is 6.92 Å². The van der Waals surface area contributed by atoms with Gasteiger partial charge in [-0.15, -0.1) is 0 Å². The van der Waals surface area contributed by atoms with E-state index in [4.69, 9.17) is 4.74 Å². The topological polar surface area (TPSA) is 48.3 Å². The predicted molar refractivity (Wildman–Crippen MR) is 87.6 cm³/mol. The Morgan fingerprint density at radius 1 is 1.18 bits per heavy atom. The molecule has 0 aliphatic rings. The molecule has 0 radical (unpaired) electrons. The number of ketones is 1. The van der Waals surface area contributed by atoms with Gasteiger partial charge in [-0.05, 0) is 52.0 Å². The number of carbonyl (C=O) groups is 1. The highest BCUT2D eigenvalue weighted by atomic mass is 16.5. The maximum Gasteiger partial charge on any atom is 0.261 e. The molecule has 0 spiro atoms. The number of Topliss-reactive ketones (excluding diaryl/α,β-unsaturated/α-hetero) is 1. The van der Waals surface area contributed by atoms with Gasteiger partial charge in [-0.3, -0.25) is 9.59 Å². The van der Waals surface area contributed by atoms with Gasteiger partial charge in [0.05, 0.1) is 17.4 Å². The van der Waals surface area contributed by atoms with Crippen LogP contribution in [0.5, 0.6) is 5.75 Å². The molecule has 0 aliphatic carbocycles. The zero-order chi connectivity index (χ0) is 16.3. The normalized spacial score (nSPS) is 10.8. The second-order valence-electron chi connectivity index (χ2n) is 5.40. The summed E-state index contributed by atoms with van der Waals surface area (Å²) < 4.78 is 7.44. The monoisotopic (exact) mass is 299 g/mol. The Balaban J connectivity index is 2.66. The molecular formula is C18H21NO3. The van der Waals surface area contributed by atoms with Crippen LogP contribution in [0.3, 0.4) is 0 Å². The third-order valence-electron chi connectivity index (χ3n) is 3.40. The molecule has 0 N–H and O–H groups in total. The maximum absolute atomic E-state index is 12.5. The van der Waals surface area contributed by atoms with Crippen molar-refractivity contribution in [3.63, 3.8) is 0 Å². The second kappa shape index (κ2) is 6.60. The second-order valence-corrected chi connectivity index (χ2v) is 5.40. The van der Waals surface area contributed by atoms with Crippen molar-refractivity contribution >= 4 is 5.78 Å². The predicted octanol–water partition coefficient (Wildman–Crippen LogP) is 3.53. The molecule has 0 unspecified atom stereocenters. The number of aromatic nitrogens is 1. The van der Waals surface area contributed by atoms with Crippen LogP contribution in [0, 0.1) is 0 Å². The number of pyridine rings is 1. The molecule has 0 saturated carbocycles. The van der Waals surface area contributed by atoms with Crippen LogP contribution in [0.2, 0.25) is 0 Å². The van der Waals surface area contributed by atoms with Crippen molar-refractivity contribution < 1.29 is 9.53 Å². The van der Waals surface area contributed by atoms with Gasteiger partial charge in [0.1, 0.15) is 5.75 Å². The van der Waals surface area contributed by atoms with Crippen LogP contribution in [-0.2, 0) is 6.54 Å². The summed E-state index contributed by atoms with van der Waals surface area (Å²) in [6, 6.07) is 11.0. The summed E-state index contributed by atoms with van der Waals surface area (Å²) >= 11 is 0. The van der Waals surface area contributed by atoms with E-state index in [1.54, 1.807) is 10.6 Å². The fourth-order valence-corrected chi connectivity index (χ4v) is 2.43. The van der Waals surface area contributed by atoms with E-state index in [9.17, 15) is 9.59 Å². The average Bonchev–Trinajstić information content (AvgIpc) is 2.46. The number of carbonyl (C=O) groups excluding carboxylic acids is 1. The molecule has 116 valence electrons. The lowest BCUT2D eigenvalue weighted by Crippen LogP contribution is -2.26. The Bertz CT molecular complexity index is 744. The molecule has 4 heteroatoms. The van der Waals surface area contributed by atoms with E-state index in [0.717, 1.165) is 17.0 Å². The molecule has 0 bridgehead atoms. The highest BCUT2D eigenvalue weighted by Crippen LogP contribution is 2.30.